The number of aliphatic hydroxyl groups excluding tert-OH is 2. The van der Waals surface area contributed by atoms with Crippen molar-refractivity contribution in [3.05, 3.63) is 48.6 Å². The van der Waals surface area contributed by atoms with Gasteiger partial charge in [-0.25, -0.2) is 4.57 Å². The van der Waals surface area contributed by atoms with Gasteiger partial charge in [-0.15, -0.1) is 0 Å². The molecule has 0 aromatic rings. The van der Waals surface area contributed by atoms with E-state index in [2.05, 4.69) is 19.9 Å². The molecule has 1 unspecified atom stereocenters. The smallest absolute Gasteiger partial charge is 0.462 e. The number of hydrogen-bond acceptors (Lipinski definition) is 10. The molecule has 356 valence electrons. The van der Waals surface area contributed by atoms with Gasteiger partial charge >= 0.3 is 19.8 Å². The molecular weight excluding hydrogens is 794 g/mol. The first-order valence-corrected chi connectivity index (χ1v) is 25.8. The largest absolute Gasteiger partial charge is 0.472 e. The van der Waals surface area contributed by atoms with E-state index in [1.54, 1.807) is 36.5 Å². The molecule has 0 aliphatic heterocycles. The van der Waals surface area contributed by atoms with Gasteiger partial charge < -0.3 is 30.3 Å². The number of allylic oxidation sites excluding steroid dienone is 5. The summed E-state index contributed by atoms with van der Waals surface area (Å²) >= 11 is 0. The standard InChI is InChI=1S/C49H90NO10P/c1-3-5-7-9-11-12-13-14-15-16-17-18-19-20-21-22-23-24-25-27-33-39-48(53)57-43-47(44-59-61(55,56)58-42-41-50)60-49(54)40-34-38-46(52)37-32-29-28-31-36-45(51)35-30-26-10-8-6-4-2/h26,28-32,36-37,45-47,51-52H,3-25,27,33-35,38-44,50H2,1-2H3,(H,55,56)/b29-28+,30-26-,36-31+,37-32-/t45-,46-,47+/m0/s1. The number of carbonyl (C=O) groups excluding carboxylic acids is 2. The van der Waals surface area contributed by atoms with Crippen molar-refractivity contribution in [1.29, 1.82) is 0 Å². The summed E-state index contributed by atoms with van der Waals surface area (Å²) in [5, 5.41) is 20.3. The monoisotopic (exact) mass is 884 g/mol. The predicted molar refractivity (Wildman–Crippen MR) is 250 cm³/mol. The van der Waals surface area contributed by atoms with Crippen LogP contribution in [0.1, 0.15) is 206 Å². The highest BCUT2D eigenvalue weighted by atomic mass is 31.2. The van der Waals surface area contributed by atoms with Crippen LogP contribution in [-0.4, -0.2) is 71.7 Å². The van der Waals surface area contributed by atoms with E-state index in [0.29, 0.717) is 25.7 Å². The van der Waals surface area contributed by atoms with Crippen molar-refractivity contribution < 1.29 is 47.8 Å². The Balaban J connectivity index is 4.27. The number of nitrogens with two attached hydrogens (primary N) is 1. The van der Waals surface area contributed by atoms with Gasteiger partial charge in [-0.1, -0.05) is 204 Å². The van der Waals surface area contributed by atoms with Gasteiger partial charge in [0.15, 0.2) is 6.10 Å². The summed E-state index contributed by atoms with van der Waals surface area (Å²) in [5.41, 5.74) is 5.34. The van der Waals surface area contributed by atoms with E-state index in [0.717, 1.165) is 25.7 Å². The molecular formula is C49H90NO10P. The molecule has 0 saturated carbocycles. The van der Waals surface area contributed by atoms with Crippen LogP contribution in [0.4, 0.5) is 0 Å². The molecule has 0 heterocycles. The Morgan fingerprint density at radius 2 is 1.05 bits per heavy atom. The maximum atomic E-state index is 12.6. The van der Waals surface area contributed by atoms with E-state index in [-0.39, 0.29) is 32.6 Å². The Kier molecular flexibility index (Phi) is 43.0. The second-order valence-electron chi connectivity index (χ2n) is 16.4. The third-order valence-corrected chi connectivity index (χ3v) is 11.4. The average molecular weight is 884 g/mol. The molecule has 5 N–H and O–H groups in total. The Hall–Kier alpha value is -2.11. The Bertz CT molecular complexity index is 1180. The van der Waals surface area contributed by atoms with Crippen molar-refractivity contribution in [3.8, 4) is 0 Å². The molecule has 0 aromatic carbocycles. The van der Waals surface area contributed by atoms with E-state index in [1.807, 2.05) is 6.08 Å². The third kappa shape index (κ3) is 44.3. The summed E-state index contributed by atoms with van der Waals surface area (Å²) in [7, 11) is -4.45. The highest BCUT2D eigenvalue weighted by Gasteiger charge is 2.26. The van der Waals surface area contributed by atoms with Gasteiger partial charge in [0.25, 0.3) is 0 Å². The minimum absolute atomic E-state index is 0.0132. The quantitative estimate of drug-likeness (QED) is 0.0151. The van der Waals surface area contributed by atoms with Crippen molar-refractivity contribution in [1.82, 2.24) is 0 Å². The topological polar surface area (TPSA) is 175 Å². The van der Waals surface area contributed by atoms with Crippen LogP contribution in [0, 0.1) is 0 Å². The lowest BCUT2D eigenvalue weighted by Gasteiger charge is -2.20. The predicted octanol–water partition coefficient (Wildman–Crippen LogP) is 12.2. The fraction of sp³-hybridized carbons (Fsp3) is 0.796. The minimum atomic E-state index is -4.45. The van der Waals surface area contributed by atoms with Gasteiger partial charge in [-0.2, -0.15) is 0 Å². The summed E-state index contributed by atoms with van der Waals surface area (Å²) < 4.78 is 32.7. The summed E-state index contributed by atoms with van der Waals surface area (Å²) in [6.07, 6.45) is 44.9. The number of hydrogen-bond donors (Lipinski definition) is 4. The van der Waals surface area contributed by atoms with Crippen LogP contribution in [-0.2, 0) is 32.7 Å². The fourth-order valence-electron chi connectivity index (χ4n) is 6.71. The number of carbonyl (C=O) groups is 2. The van der Waals surface area contributed by atoms with E-state index in [4.69, 9.17) is 24.3 Å². The second kappa shape index (κ2) is 44.5. The van der Waals surface area contributed by atoms with E-state index in [1.165, 1.54) is 128 Å². The molecule has 0 fully saturated rings. The zero-order chi connectivity index (χ0) is 44.9. The van der Waals surface area contributed by atoms with Gasteiger partial charge in [-0.05, 0) is 38.5 Å². The maximum Gasteiger partial charge on any atom is 0.472 e. The highest BCUT2D eigenvalue weighted by molar-refractivity contribution is 7.47. The number of esters is 2. The van der Waals surface area contributed by atoms with Gasteiger partial charge in [0.1, 0.15) is 6.61 Å². The Morgan fingerprint density at radius 3 is 1.57 bits per heavy atom. The minimum Gasteiger partial charge on any atom is -0.462 e. The molecule has 11 nitrogen and oxygen atoms in total. The normalized spacial score (nSPS) is 14.7. The average Bonchev–Trinajstić information content (AvgIpc) is 3.24. The molecule has 61 heavy (non-hydrogen) atoms. The number of phosphoric ester groups is 1. The van der Waals surface area contributed by atoms with Gasteiger partial charge in [0.2, 0.25) is 0 Å². The first-order chi connectivity index (χ1) is 29.6. The van der Waals surface area contributed by atoms with E-state index in [9.17, 15) is 29.3 Å². The van der Waals surface area contributed by atoms with Crippen LogP contribution in [0.3, 0.4) is 0 Å². The molecule has 0 aromatic heterocycles. The van der Waals surface area contributed by atoms with Gasteiger partial charge in [-0.3, -0.25) is 18.6 Å². The SMILES string of the molecule is CCCCC/C=C\C[C@H](O)/C=C/C=C/C=C\[C@H](O)CCCC(=O)O[C@H](COC(=O)CCCCCCCCCCCCCCCCCCCCCCC)COP(=O)(O)OCCN. The van der Waals surface area contributed by atoms with Crippen molar-refractivity contribution in [3.63, 3.8) is 0 Å². The van der Waals surface area contributed by atoms with Crippen LogP contribution in [0.25, 0.3) is 0 Å². The lowest BCUT2D eigenvalue weighted by atomic mass is 10.0. The molecule has 0 aliphatic rings. The summed E-state index contributed by atoms with van der Waals surface area (Å²) in [5.74, 6) is -1.06. The van der Waals surface area contributed by atoms with Crippen molar-refractivity contribution in [2.75, 3.05) is 26.4 Å². The zero-order valence-corrected chi connectivity index (χ0v) is 39.5. The molecule has 0 spiro atoms. The van der Waals surface area contributed by atoms with Crippen LogP contribution >= 0.6 is 7.82 Å². The lowest BCUT2D eigenvalue weighted by molar-refractivity contribution is -0.161. The van der Waals surface area contributed by atoms with Gasteiger partial charge in [0.05, 0.1) is 25.4 Å². The summed E-state index contributed by atoms with van der Waals surface area (Å²) in [6.45, 7) is 3.41. The first kappa shape index (κ1) is 58.9. The molecule has 0 aliphatic carbocycles. The fourth-order valence-corrected chi connectivity index (χ4v) is 7.48. The Labute approximate surface area is 372 Å². The Morgan fingerprint density at radius 1 is 0.574 bits per heavy atom. The number of ether oxygens (including phenoxy) is 2. The lowest BCUT2D eigenvalue weighted by Crippen LogP contribution is -2.29. The molecule has 4 atom stereocenters. The van der Waals surface area contributed by atoms with Crippen LogP contribution in [0.5, 0.6) is 0 Å². The van der Waals surface area contributed by atoms with Crippen molar-refractivity contribution in [2.45, 2.75) is 225 Å². The van der Waals surface area contributed by atoms with E-state index >= 15 is 0 Å². The molecule has 0 radical (unpaired) electrons. The maximum absolute atomic E-state index is 12.6. The third-order valence-electron chi connectivity index (χ3n) is 10.4. The highest BCUT2D eigenvalue weighted by Crippen LogP contribution is 2.43. The number of phosphoric acid groups is 1. The summed E-state index contributed by atoms with van der Waals surface area (Å²) in [4.78, 5) is 35.0. The molecule has 0 rings (SSSR count). The number of unbranched alkanes of at least 4 members (excludes halogenated alkanes) is 23. The number of aliphatic hydroxyl groups is 2. The van der Waals surface area contributed by atoms with Crippen LogP contribution in [0.2, 0.25) is 0 Å². The zero-order valence-electron chi connectivity index (χ0n) is 38.6. The van der Waals surface area contributed by atoms with Gasteiger partial charge in [0, 0.05) is 19.4 Å². The van der Waals surface area contributed by atoms with Crippen LogP contribution < -0.4 is 5.73 Å². The van der Waals surface area contributed by atoms with Crippen molar-refractivity contribution >= 4 is 19.8 Å². The van der Waals surface area contributed by atoms with Crippen LogP contribution in [0.15, 0.2) is 48.6 Å². The molecule has 0 bridgehead atoms. The molecule has 12 heteroatoms. The van der Waals surface area contributed by atoms with Crippen molar-refractivity contribution in [2.24, 2.45) is 5.73 Å². The van der Waals surface area contributed by atoms with E-state index < -0.39 is 44.7 Å². The molecule has 0 amide bonds. The molecule has 0 saturated heterocycles. The number of rotatable bonds is 45. The second-order valence-corrected chi connectivity index (χ2v) is 17.8. The summed E-state index contributed by atoms with van der Waals surface area (Å²) in [6, 6.07) is 0. The first-order valence-electron chi connectivity index (χ1n) is 24.3.